The van der Waals surface area contributed by atoms with Crippen LogP contribution in [0.1, 0.15) is 10.4 Å². The first-order chi connectivity index (χ1) is 11.2. The van der Waals surface area contributed by atoms with Gasteiger partial charge >= 0.3 is 0 Å². The molecule has 0 spiro atoms. The lowest BCUT2D eigenvalue weighted by Crippen LogP contribution is -2.12. The van der Waals surface area contributed by atoms with Crippen LogP contribution in [0.2, 0.25) is 0 Å². The molecule has 1 heterocycles. The average Bonchev–Trinajstić information content (AvgIpc) is 3.09. The van der Waals surface area contributed by atoms with Gasteiger partial charge in [0.15, 0.2) is 10.0 Å². The molecule has 2 nitrogen and oxygen atoms in total. The molecule has 1 aromatic heterocycles. The molecule has 118 valence electrons. The van der Waals surface area contributed by atoms with Gasteiger partial charge in [-0.2, -0.15) is 0 Å². The van der Waals surface area contributed by atoms with Crippen molar-refractivity contribution >= 4 is 32.1 Å². The maximum atomic E-state index is 12.2. The van der Waals surface area contributed by atoms with E-state index in [1.165, 1.54) is 32.4 Å². The highest BCUT2D eigenvalue weighted by atomic mass is 33.1. The molecule has 0 saturated heterocycles. The number of thiophene rings is 1. The first-order valence-electron chi connectivity index (χ1n) is 7.24. The van der Waals surface area contributed by atoms with Gasteiger partial charge < -0.3 is 0 Å². The van der Waals surface area contributed by atoms with Gasteiger partial charge in [-0.05, 0) is 58.0 Å². The van der Waals surface area contributed by atoms with E-state index in [4.69, 9.17) is 0 Å². The van der Waals surface area contributed by atoms with E-state index >= 15 is 0 Å². The van der Waals surface area contributed by atoms with Crippen LogP contribution in [0, 0.1) is 6.92 Å². The molecule has 0 aliphatic heterocycles. The largest absolute Gasteiger partial charge is 0.230 e. The van der Waals surface area contributed by atoms with Crippen molar-refractivity contribution in [2.45, 2.75) is 18.4 Å². The van der Waals surface area contributed by atoms with E-state index in [0.717, 1.165) is 4.90 Å². The summed E-state index contributed by atoms with van der Waals surface area (Å²) in [5.41, 5.74) is 3.59. The third-order valence-electron chi connectivity index (χ3n) is 3.41. The Kier molecular flexibility index (Phi) is 5.67. The van der Waals surface area contributed by atoms with Crippen LogP contribution < -0.4 is 4.72 Å². The predicted octanol–water partition coefficient (Wildman–Crippen LogP) is 5.18. The van der Waals surface area contributed by atoms with Crippen molar-refractivity contribution in [3.8, 4) is 11.1 Å². The predicted molar refractivity (Wildman–Crippen MR) is 102 cm³/mol. The van der Waals surface area contributed by atoms with Crippen LogP contribution in [0.5, 0.6) is 0 Å². The van der Waals surface area contributed by atoms with E-state index in [2.05, 4.69) is 35.9 Å². The second kappa shape index (κ2) is 7.93. The Balaban J connectivity index is 1.70. The zero-order valence-electron chi connectivity index (χ0n) is 12.7. The molecule has 0 fully saturated rings. The van der Waals surface area contributed by atoms with Crippen LogP contribution >= 0.6 is 22.1 Å². The van der Waals surface area contributed by atoms with E-state index in [1.807, 2.05) is 41.8 Å². The average molecular weight is 360 g/mol. The van der Waals surface area contributed by atoms with Crippen molar-refractivity contribution < 1.29 is 4.21 Å². The van der Waals surface area contributed by atoms with Gasteiger partial charge in [-0.15, -0.1) is 11.3 Å². The van der Waals surface area contributed by atoms with E-state index in [0.29, 0.717) is 6.54 Å². The summed E-state index contributed by atoms with van der Waals surface area (Å²) in [6.07, 6.45) is 0. The number of aryl methyl sites for hydroxylation is 1. The Hall–Kier alpha value is -1.40. The summed E-state index contributed by atoms with van der Waals surface area (Å²) in [5.74, 6) is 0. The van der Waals surface area contributed by atoms with Crippen LogP contribution in [0.4, 0.5) is 0 Å². The lowest BCUT2D eigenvalue weighted by molar-refractivity contribution is 0.682. The zero-order valence-corrected chi connectivity index (χ0v) is 15.1. The van der Waals surface area contributed by atoms with Gasteiger partial charge in [-0.25, -0.2) is 8.93 Å². The summed E-state index contributed by atoms with van der Waals surface area (Å²) in [5, 5.41) is 2.03. The Labute approximate surface area is 146 Å². The highest BCUT2D eigenvalue weighted by Gasteiger charge is 2.07. The third kappa shape index (κ3) is 4.54. The molecular weight excluding hydrogens is 342 g/mol. The molecule has 1 N–H and O–H groups in total. The van der Waals surface area contributed by atoms with Crippen LogP contribution in [0.3, 0.4) is 0 Å². The quantitative estimate of drug-likeness (QED) is 0.614. The van der Waals surface area contributed by atoms with Gasteiger partial charge in [0.05, 0.1) is 0 Å². The molecule has 23 heavy (non-hydrogen) atoms. The molecule has 1 atom stereocenters. The highest BCUT2D eigenvalue weighted by molar-refractivity contribution is 8.68. The third-order valence-corrected chi connectivity index (χ3v) is 6.65. The molecular formula is C18H17NOS3. The maximum absolute atomic E-state index is 12.2. The first-order valence-corrected chi connectivity index (χ1v) is 10.6. The normalized spacial score (nSPS) is 12.2. The fourth-order valence-corrected chi connectivity index (χ4v) is 4.96. The molecule has 3 rings (SSSR count). The Morgan fingerprint density at radius 2 is 1.91 bits per heavy atom. The van der Waals surface area contributed by atoms with Gasteiger partial charge in [0.1, 0.15) is 0 Å². The monoisotopic (exact) mass is 359 g/mol. The van der Waals surface area contributed by atoms with Crippen molar-refractivity contribution in [2.24, 2.45) is 0 Å². The number of hydrogen-bond donors (Lipinski definition) is 1. The van der Waals surface area contributed by atoms with Gasteiger partial charge in [0.25, 0.3) is 0 Å². The van der Waals surface area contributed by atoms with Crippen molar-refractivity contribution in [1.82, 2.24) is 4.72 Å². The van der Waals surface area contributed by atoms with E-state index < -0.39 is 10.0 Å². The van der Waals surface area contributed by atoms with Crippen molar-refractivity contribution in [1.29, 1.82) is 0 Å². The summed E-state index contributed by atoms with van der Waals surface area (Å²) < 4.78 is 15.3. The van der Waals surface area contributed by atoms with Crippen molar-refractivity contribution in [3.63, 3.8) is 0 Å². The lowest BCUT2D eigenvalue weighted by Gasteiger charge is -2.09. The fraction of sp³-hybridized carbons (Fsp3) is 0.111. The number of benzene rings is 2. The number of nitrogens with one attached hydrogen (secondary N) is 1. The highest BCUT2D eigenvalue weighted by Crippen LogP contribution is 2.30. The Morgan fingerprint density at radius 1 is 1.09 bits per heavy atom. The summed E-state index contributed by atoms with van der Waals surface area (Å²) in [6, 6.07) is 20.6. The molecule has 0 aliphatic rings. The van der Waals surface area contributed by atoms with E-state index in [1.54, 1.807) is 11.3 Å². The number of hydrogen-bond acceptors (Lipinski definition) is 3. The van der Waals surface area contributed by atoms with Gasteiger partial charge in [0, 0.05) is 16.3 Å². The molecule has 0 radical (unpaired) electrons. The maximum Gasteiger partial charge on any atom is 0.158 e. The second-order valence-corrected chi connectivity index (χ2v) is 8.90. The second-order valence-electron chi connectivity index (χ2n) is 5.06. The first kappa shape index (κ1) is 16.5. The summed E-state index contributed by atoms with van der Waals surface area (Å²) in [6.45, 7) is 2.73. The van der Waals surface area contributed by atoms with Crippen LogP contribution in [-0.4, -0.2) is 4.21 Å². The molecule has 1 unspecified atom stereocenters. The van der Waals surface area contributed by atoms with E-state index in [-0.39, 0.29) is 0 Å². The van der Waals surface area contributed by atoms with Gasteiger partial charge in [-0.3, -0.25) is 0 Å². The molecule has 0 amide bonds. The number of rotatable bonds is 6. The van der Waals surface area contributed by atoms with Crippen molar-refractivity contribution in [3.05, 3.63) is 76.5 Å². The fourth-order valence-electron chi connectivity index (χ4n) is 2.24. The van der Waals surface area contributed by atoms with Crippen molar-refractivity contribution in [2.75, 3.05) is 0 Å². The van der Waals surface area contributed by atoms with Crippen LogP contribution in [0.15, 0.2) is 70.9 Å². The standard InChI is InChI=1S/C18H17NOS3/c1-14-9-10-16(12-18(14)15-6-3-2-4-7-15)22-23(20)19-13-17-8-5-11-21-17/h2-12,19H,13H2,1H3. The van der Waals surface area contributed by atoms with Crippen LogP contribution in [0.25, 0.3) is 11.1 Å². The van der Waals surface area contributed by atoms with Gasteiger partial charge in [0.2, 0.25) is 0 Å². The molecule has 0 saturated carbocycles. The summed E-state index contributed by atoms with van der Waals surface area (Å²) in [7, 11) is 0.195. The van der Waals surface area contributed by atoms with Crippen LogP contribution in [-0.2, 0) is 16.6 Å². The van der Waals surface area contributed by atoms with E-state index in [9.17, 15) is 4.21 Å². The zero-order chi connectivity index (χ0) is 16.1. The summed E-state index contributed by atoms with van der Waals surface area (Å²) >= 11 is 1.67. The topological polar surface area (TPSA) is 29.1 Å². The Morgan fingerprint density at radius 3 is 2.65 bits per heavy atom. The lowest BCUT2D eigenvalue weighted by atomic mass is 10.0. The molecule has 0 aliphatic carbocycles. The molecule has 5 heteroatoms. The summed E-state index contributed by atoms with van der Waals surface area (Å²) in [4.78, 5) is 2.19. The van der Waals surface area contributed by atoms with Gasteiger partial charge in [-0.1, -0.05) is 42.5 Å². The smallest absolute Gasteiger partial charge is 0.158 e. The molecule has 3 aromatic rings. The minimum absolute atomic E-state index is 0.634. The Bertz CT molecular complexity index is 785. The molecule has 0 bridgehead atoms. The minimum atomic E-state index is -1.15. The molecule has 2 aromatic carbocycles. The minimum Gasteiger partial charge on any atom is -0.230 e. The SMILES string of the molecule is Cc1ccc(SS(=O)NCc2cccs2)cc1-c1ccccc1.